The second-order valence-electron chi connectivity index (χ2n) is 4.50. The van der Waals surface area contributed by atoms with Gasteiger partial charge in [-0.25, -0.2) is 13.1 Å². The number of ether oxygens (including phenoxy) is 1. The highest BCUT2D eigenvalue weighted by Crippen LogP contribution is 2.38. The van der Waals surface area contributed by atoms with Gasteiger partial charge in [0.05, 0.1) is 18.2 Å². The van der Waals surface area contributed by atoms with Crippen LogP contribution in [-0.4, -0.2) is 32.4 Å². The summed E-state index contributed by atoms with van der Waals surface area (Å²) >= 11 is 0. The van der Waals surface area contributed by atoms with E-state index in [0.29, 0.717) is 18.9 Å². The molecule has 2 aliphatic rings. The zero-order valence-electron chi connectivity index (χ0n) is 9.22. The molecule has 1 heterocycles. The van der Waals surface area contributed by atoms with Gasteiger partial charge in [-0.1, -0.05) is 0 Å². The van der Waals surface area contributed by atoms with Gasteiger partial charge in [-0.05, 0) is 32.1 Å². The summed E-state index contributed by atoms with van der Waals surface area (Å²) in [6, 6.07) is 1.60. The number of nitriles is 1. The Hall–Kier alpha value is -0.640. The molecular formula is C10H16N2O3S. The van der Waals surface area contributed by atoms with Crippen molar-refractivity contribution >= 4 is 10.0 Å². The van der Waals surface area contributed by atoms with Crippen molar-refractivity contribution in [3.63, 3.8) is 0 Å². The first kappa shape index (κ1) is 11.8. The van der Waals surface area contributed by atoms with Gasteiger partial charge in [0.25, 0.3) is 0 Å². The van der Waals surface area contributed by atoms with Crippen molar-refractivity contribution in [2.45, 2.75) is 43.6 Å². The fraction of sp³-hybridized carbons (Fsp3) is 0.900. The lowest BCUT2D eigenvalue weighted by Crippen LogP contribution is -2.44. The van der Waals surface area contributed by atoms with E-state index in [1.54, 1.807) is 6.07 Å². The smallest absolute Gasteiger partial charge is 0.228 e. The first-order chi connectivity index (χ1) is 7.54. The predicted octanol–water partition coefficient (Wildman–Crippen LogP) is 0.385. The van der Waals surface area contributed by atoms with Gasteiger partial charge < -0.3 is 4.74 Å². The Morgan fingerprint density at radius 1 is 1.44 bits per heavy atom. The van der Waals surface area contributed by atoms with Crippen LogP contribution in [0.25, 0.3) is 0 Å². The number of hydrogen-bond donors (Lipinski definition) is 1. The van der Waals surface area contributed by atoms with Crippen LogP contribution in [0.5, 0.6) is 0 Å². The Morgan fingerprint density at radius 3 is 2.69 bits per heavy atom. The van der Waals surface area contributed by atoms with Gasteiger partial charge in [0.2, 0.25) is 10.0 Å². The minimum Gasteiger partial charge on any atom is -0.376 e. The van der Waals surface area contributed by atoms with Crippen LogP contribution in [0, 0.1) is 17.2 Å². The summed E-state index contributed by atoms with van der Waals surface area (Å²) in [6.07, 6.45) is 2.96. The Kier molecular flexibility index (Phi) is 3.19. The molecule has 2 fully saturated rings. The summed E-state index contributed by atoms with van der Waals surface area (Å²) < 4.78 is 31.6. The third-order valence-electron chi connectivity index (χ3n) is 3.19. The van der Waals surface area contributed by atoms with Crippen LogP contribution in [0.15, 0.2) is 0 Å². The van der Waals surface area contributed by atoms with E-state index in [0.717, 1.165) is 12.8 Å². The molecule has 0 amide bonds. The van der Waals surface area contributed by atoms with Crippen LogP contribution in [0.1, 0.15) is 26.2 Å². The van der Waals surface area contributed by atoms with Crippen molar-refractivity contribution in [2.24, 2.45) is 5.92 Å². The molecule has 0 aromatic heterocycles. The van der Waals surface area contributed by atoms with E-state index in [9.17, 15) is 8.42 Å². The first-order valence-electron chi connectivity index (χ1n) is 5.57. The number of nitrogens with one attached hydrogen (secondary N) is 1. The predicted molar refractivity (Wildman–Crippen MR) is 58.0 cm³/mol. The summed E-state index contributed by atoms with van der Waals surface area (Å²) in [5, 5.41) is 7.62. The molecule has 1 saturated carbocycles. The van der Waals surface area contributed by atoms with E-state index < -0.39 is 15.3 Å². The van der Waals surface area contributed by atoms with Crippen LogP contribution < -0.4 is 4.72 Å². The van der Waals surface area contributed by atoms with Gasteiger partial charge in [0.1, 0.15) is 0 Å². The molecule has 0 aromatic rings. The van der Waals surface area contributed by atoms with E-state index in [4.69, 9.17) is 10.00 Å². The zero-order valence-corrected chi connectivity index (χ0v) is 10.0. The van der Waals surface area contributed by atoms with Gasteiger partial charge in [0, 0.05) is 6.61 Å². The molecule has 1 N–H and O–H groups in total. The van der Waals surface area contributed by atoms with Crippen molar-refractivity contribution in [2.75, 3.05) is 6.61 Å². The minimum absolute atomic E-state index is 0.0145. The van der Waals surface area contributed by atoms with Crippen LogP contribution in [0.2, 0.25) is 0 Å². The molecule has 3 unspecified atom stereocenters. The number of hydrogen-bond acceptors (Lipinski definition) is 4. The summed E-state index contributed by atoms with van der Waals surface area (Å²) in [4.78, 5) is 0. The second kappa shape index (κ2) is 4.32. The monoisotopic (exact) mass is 244 g/mol. The van der Waals surface area contributed by atoms with E-state index in [2.05, 4.69) is 4.72 Å². The van der Waals surface area contributed by atoms with E-state index >= 15 is 0 Å². The summed E-state index contributed by atoms with van der Waals surface area (Å²) in [7, 11) is -3.52. The van der Waals surface area contributed by atoms with Crippen molar-refractivity contribution in [1.29, 1.82) is 5.26 Å². The van der Waals surface area contributed by atoms with Gasteiger partial charge in [-0.15, -0.1) is 0 Å². The number of nitrogens with zero attached hydrogens (tertiary/aromatic N) is 1. The van der Waals surface area contributed by atoms with Crippen LogP contribution in [0.3, 0.4) is 0 Å². The van der Waals surface area contributed by atoms with E-state index in [1.165, 1.54) is 6.92 Å². The Morgan fingerprint density at radius 2 is 2.12 bits per heavy atom. The maximum Gasteiger partial charge on any atom is 0.228 e. The van der Waals surface area contributed by atoms with Crippen molar-refractivity contribution in [3.05, 3.63) is 0 Å². The van der Waals surface area contributed by atoms with Gasteiger partial charge in [0.15, 0.2) is 5.25 Å². The molecule has 16 heavy (non-hydrogen) atoms. The summed E-state index contributed by atoms with van der Waals surface area (Å²) in [5.74, 6) is 0.507. The molecule has 2 rings (SSSR count). The lowest BCUT2D eigenvalue weighted by molar-refractivity contribution is 0.0848. The maximum atomic E-state index is 11.7. The summed E-state index contributed by atoms with van der Waals surface area (Å²) in [5.41, 5.74) is 0. The van der Waals surface area contributed by atoms with Crippen molar-refractivity contribution < 1.29 is 13.2 Å². The highest BCUT2D eigenvalue weighted by molar-refractivity contribution is 7.90. The van der Waals surface area contributed by atoms with Crippen LogP contribution >= 0.6 is 0 Å². The second-order valence-corrected chi connectivity index (χ2v) is 6.54. The van der Waals surface area contributed by atoms with Gasteiger partial charge in [-0.2, -0.15) is 5.26 Å². The lowest BCUT2D eigenvalue weighted by Gasteiger charge is -2.19. The molecule has 6 heteroatoms. The van der Waals surface area contributed by atoms with Gasteiger partial charge in [-0.3, -0.25) is 0 Å². The molecule has 0 bridgehead atoms. The lowest BCUT2D eigenvalue weighted by atomic mass is 10.1. The van der Waals surface area contributed by atoms with Crippen molar-refractivity contribution in [1.82, 2.24) is 4.72 Å². The average molecular weight is 244 g/mol. The normalized spacial score (nSPS) is 32.2. The van der Waals surface area contributed by atoms with E-state index in [-0.39, 0.29) is 12.1 Å². The quantitative estimate of drug-likeness (QED) is 0.775. The fourth-order valence-corrected chi connectivity index (χ4v) is 3.03. The number of rotatable bonds is 4. The first-order valence-corrected chi connectivity index (χ1v) is 7.11. The summed E-state index contributed by atoms with van der Waals surface area (Å²) in [6.45, 7) is 2.00. The van der Waals surface area contributed by atoms with E-state index in [1.807, 2.05) is 0 Å². The fourth-order valence-electron chi connectivity index (χ4n) is 2.01. The molecule has 1 aliphatic heterocycles. The average Bonchev–Trinajstić information content (AvgIpc) is 2.99. The topological polar surface area (TPSA) is 79.2 Å². The highest BCUT2D eigenvalue weighted by Gasteiger charge is 2.42. The van der Waals surface area contributed by atoms with Crippen LogP contribution in [0.4, 0.5) is 0 Å². The standard InChI is InChI=1S/C10H16N2O3S/c1-7(6-11)16(13,14)12-9-4-5-15-10(9)8-2-3-8/h7-10,12H,2-5H2,1H3. The molecule has 1 saturated heterocycles. The molecule has 5 nitrogen and oxygen atoms in total. The molecule has 1 aliphatic carbocycles. The Labute approximate surface area is 95.8 Å². The Bertz CT molecular complexity index is 397. The van der Waals surface area contributed by atoms with Crippen molar-refractivity contribution in [3.8, 4) is 6.07 Å². The largest absolute Gasteiger partial charge is 0.376 e. The van der Waals surface area contributed by atoms with Crippen LogP contribution in [-0.2, 0) is 14.8 Å². The third-order valence-corrected chi connectivity index (χ3v) is 4.85. The molecule has 0 radical (unpaired) electrons. The third kappa shape index (κ3) is 2.37. The van der Waals surface area contributed by atoms with Gasteiger partial charge >= 0.3 is 0 Å². The highest BCUT2D eigenvalue weighted by atomic mass is 32.2. The Balaban J connectivity index is 2.01. The molecule has 0 aromatic carbocycles. The molecule has 3 atom stereocenters. The molecular weight excluding hydrogens is 228 g/mol. The molecule has 90 valence electrons. The number of sulfonamides is 1. The minimum atomic E-state index is -3.52. The SMILES string of the molecule is CC(C#N)S(=O)(=O)NC1CCOC1C1CC1. The maximum absolute atomic E-state index is 11.7. The zero-order chi connectivity index (χ0) is 11.8. The molecule has 0 spiro atoms.